The molecule has 0 bridgehead atoms. The van der Waals surface area contributed by atoms with Crippen LogP contribution in [-0.4, -0.2) is 35.5 Å². The van der Waals surface area contributed by atoms with Crippen LogP contribution in [0.2, 0.25) is 0 Å². The van der Waals surface area contributed by atoms with Gasteiger partial charge in [0.2, 0.25) is 5.91 Å². The smallest absolute Gasteiger partial charge is 0.335 e. The summed E-state index contributed by atoms with van der Waals surface area (Å²) < 4.78 is 0. The fraction of sp³-hybridized carbons (Fsp3) is 0.316. The number of amides is 2. The second-order valence-corrected chi connectivity index (χ2v) is 7.17. The molecule has 6 nitrogen and oxygen atoms in total. The summed E-state index contributed by atoms with van der Waals surface area (Å²) in [6, 6.07) is 9.48. The van der Waals surface area contributed by atoms with Crippen LogP contribution in [0, 0.1) is 5.92 Å². The number of carboxylic acids is 1. The van der Waals surface area contributed by atoms with Gasteiger partial charge < -0.3 is 15.7 Å². The number of carbonyl (C=O) groups excluding carboxylic acids is 2. The van der Waals surface area contributed by atoms with Crippen LogP contribution in [0.25, 0.3) is 0 Å². The molecule has 1 atom stereocenters. The van der Waals surface area contributed by atoms with Gasteiger partial charge in [0.25, 0.3) is 5.91 Å². The van der Waals surface area contributed by atoms with Crippen molar-refractivity contribution in [3.63, 3.8) is 0 Å². The highest BCUT2D eigenvalue weighted by atomic mass is 32.1. The highest BCUT2D eigenvalue weighted by Crippen LogP contribution is 2.10. The Labute approximate surface area is 156 Å². The molecule has 1 heterocycles. The van der Waals surface area contributed by atoms with Gasteiger partial charge in [-0.3, -0.25) is 9.59 Å². The maximum atomic E-state index is 12.4. The van der Waals surface area contributed by atoms with Crippen LogP contribution in [-0.2, 0) is 11.2 Å². The van der Waals surface area contributed by atoms with Crippen LogP contribution < -0.4 is 10.6 Å². The molecule has 0 radical (unpaired) electrons. The van der Waals surface area contributed by atoms with Crippen LogP contribution in [0.15, 0.2) is 41.8 Å². The van der Waals surface area contributed by atoms with Gasteiger partial charge in [0, 0.05) is 6.54 Å². The zero-order valence-electron chi connectivity index (χ0n) is 14.7. The summed E-state index contributed by atoms with van der Waals surface area (Å²) in [7, 11) is 0. The number of thiophene rings is 1. The number of hydrogen-bond acceptors (Lipinski definition) is 4. The highest BCUT2D eigenvalue weighted by molar-refractivity contribution is 7.12. The van der Waals surface area contributed by atoms with Crippen molar-refractivity contribution in [1.82, 2.24) is 10.6 Å². The lowest BCUT2D eigenvalue weighted by molar-refractivity contribution is -0.123. The van der Waals surface area contributed by atoms with E-state index in [1.165, 1.54) is 17.4 Å². The maximum Gasteiger partial charge on any atom is 0.335 e. The van der Waals surface area contributed by atoms with Gasteiger partial charge in [0.15, 0.2) is 0 Å². The normalized spacial score (nSPS) is 11.8. The van der Waals surface area contributed by atoms with Crippen molar-refractivity contribution in [2.24, 2.45) is 5.92 Å². The first-order chi connectivity index (χ1) is 12.4. The van der Waals surface area contributed by atoms with E-state index in [-0.39, 0.29) is 23.3 Å². The molecule has 0 saturated heterocycles. The summed E-state index contributed by atoms with van der Waals surface area (Å²) in [6.45, 7) is 4.10. The van der Waals surface area contributed by atoms with Crippen LogP contribution in [0.5, 0.6) is 0 Å². The molecule has 3 N–H and O–H groups in total. The Kier molecular flexibility index (Phi) is 6.91. The molecule has 0 aliphatic heterocycles. The van der Waals surface area contributed by atoms with Gasteiger partial charge >= 0.3 is 5.97 Å². The van der Waals surface area contributed by atoms with Gasteiger partial charge in [-0.05, 0) is 41.5 Å². The van der Waals surface area contributed by atoms with E-state index >= 15 is 0 Å². The molecule has 1 aromatic carbocycles. The standard InChI is InChI=1S/C19H22N2O4S/c1-12(2)16(21-17(22)15-7-4-10-26-15)18(23)20-9-8-13-5-3-6-14(11-13)19(24)25/h3-7,10-12,16H,8-9H2,1-2H3,(H,20,23)(H,21,22)(H,24,25). The summed E-state index contributed by atoms with van der Waals surface area (Å²) in [6.07, 6.45) is 0.510. The molecule has 0 aliphatic carbocycles. The molecule has 2 rings (SSSR count). The second kappa shape index (κ2) is 9.15. The van der Waals surface area contributed by atoms with Gasteiger partial charge in [-0.15, -0.1) is 11.3 Å². The lowest BCUT2D eigenvalue weighted by Gasteiger charge is -2.21. The summed E-state index contributed by atoms with van der Waals surface area (Å²) in [5.74, 6) is -1.55. The van der Waals surface area contributed by atoms with Crippen molar-refractivity contribution in [2.75, 3.05) is 6.54 Å². The van der Waals surface area contributed by atoms with Crippen molar-refractivity contribution in [3.8, 4) is 0 Å². The minimum absolute atomic E-state index is 0.0609. The number of aromatic carboxylic acids is 1. The van der Waals surface area contributed by atoms with E-state index in [2.05, 4.69) is 10.6 Å². The van der Waals surface area contributed by atoms with E-state index < -0.39 is 12.0 Å². The van der Waals surface area contributed by atoms with Gasteiger partial charge in [-0.2, -0.15) is 0 Å². The summed E-state index contributed by atoms with van der Waals surface area (Å²) in [5, 5.41) is 16.4. The first-order valence-electron chi connectivity index (χ1n) is 8.33. The fourth-order valence-corrected chi connectivity index (χ4v) is 3.08. The molecule has 2 amide bonds. The molecule has 0 spiro atoms. The van der Waals surface area contributed by atoms with Gasteiger partial charge in [0.1, 0.15) is 6.04 Å². The molecular weight excluding hydrogens is 352 g/mol. The summed E-state index contributed by atoms with van der Waals surface area (Å²) >= 11 is 1.32. The quantitative estimate of drug-likeness (QED) is 0.662. The van der Waals surface area contributed by atoms with Gasteiger partial charge in [-0.25, -0.2) is 4.79 Å². The van der Waals surface area contributed by atoms with E-state index in [4.69, 9.17) is 5.11 Å². The van der Waals surface area contributed by atoms with E-state index in [9.17, 15) is 14.4 Å². The van der Waals surface area contributed by atoms with Crippen molar-refractivity contribution >= 4 is 29.1 Å². The Morgan fingerprint density at radius 3 is 2.54 bits per heavy atom. The van der Waals surface area contributed by atoms with Crippen LogP contribution in [0.3, 0.4) is 0 Å². The lowest BCUT2D eigenvalue weighted by atomic mass is 10.0. The molecule has 0 aliphatic rings. The van der Waals surface area contributed by atoms with E-state index in [1.807, 2.05) is 25.3 Å². The second-order valence-electron chi connectivity index (χ2n) is 6.22. The third-order valence-electron chi connectivity index (χ3n) is 3.87. The zero-order valence-corrected chi connectivity index (χ0v) is 15.5. The summed E-state index contributed by atoms with van der Waals surface area (Å²) in [4.78, 5) is 36.2. The van der Waals surface area contributed by atoms with Crippen molar-refractivity contribution < 1.29 is 19.5 Å². The number of benzene rings is 1. The average Bonchev–Trinajstić information content (AvgIpc) is 3.14. The Morgan fingerprint density at radius 1 is 1.15 bits per heavy atom. The molecule has 0 saturated carbocycles. The number of carboxylic acid groups (broad SMARTS) is 1. The molecule has 2 aromatic rings. The van der Waals surface area contributed by atoms with Gasteiger partial charge in [0.05, 0.1) is 10.4 Å². The minimum Gasteiger partial charge on any atom is -0.478 e. The minimum atomic E-state index is -0.980. The number of hydrogen-bond donors (Lipinski definition) is 3. The lowest BCUT2D eigenvalue weighted by Crippen LogP contribution is -2.49. The van der Waals surface area contributed by atoms with E-state index in [0.717, 1.165) is 5.56 Å². The van der Waals surface area contributed by atoms with Crippen LogP contribution in [0.1, 0.15) is 39.4 Å². The Bertz CT molecular complexity index is 772. The molecule has 0 fully saturated rings. The number of rotatable bonds is 8. The molecule has 138 valence electrons. The van der Waals surface area contributed by atoms with E-state index in [0.29, 0.717) is 17.8 Å². The van der Waals surface area contributed by atoms with Crippen molar-refractivity contribution in [1.29, 1.82) is 0 Å². The number of carbonyl (C=O) groups is 3. The topological polar surface area (TPSA) is 95.5 Å². The Morgan fingerprint density at radius 2 is 1.92 bits per heavy atom. The fourth-order valence-electron chi connectivity index (χ4n) is 2.45. The number of nitrogens with one attached hydrogen (secondary N) is 2. The average molecular weight is 374 g/mol. The van der Waals surface area contributed by atoms with Crippen molar-refractivity contribution in [2.45, 2.75) is 26.3 Å². The predicted molar refractivity (Wildman–Crippen MR) is 101 cm³/mol. The predicted octanol–water partition coefficient (Wildman–Crippen LogP) is 2.56. The first kappa shape index (κ1) is 19.7. The molecule has 26 heavy (non-hydrogen) atoms. The SMILES string of the molecule is CC(C)C(NC(=O)c1cccs1)C(=O)NCCc1cccc(C(=O)O)c1. The van der Waals surface area contributed by atoms with Crippen molar-refractivity contribution in [3.05, 3.63) is 57.8 Å². The maximum absolute atomic E-state index is 12.4. The molecular formula is C19H22N2O4S. The summed E-state index contributed by atoms with van der Waals surface area (Å²) in [5.41, 5.74) is 1.05. The first-order valence-corrected chi connectivity index (χ1v) is 9.20. The molecule has 1 aromatic heterocycles. The van der Waals surface area contributed by atoms with E-state index in [1.54, 1.807) is 24.3 Å². The highest BCUT2D eigenvalue weighted by Gasteiger charge is 2.24. The van der Waals surface area contributed by atoms with Crippen LogP contribution >= 0.6 is 11.3 Å². The van der Waals surface area contributed by atoms with Crippen LogP contribution in [0.4, 0.5) is 0 Å². The largest absolute Gasteiger partial charge is 0.478 e. The zero-order chi connectivity index (χ0) is 19.1. The third-order valence-corrected chi connectivity index (χ3v) is 4.74. The van der Waals surface area contributed by atoms with Gasteiger partial charge in [-0.1, -0.05) is 32.0 Å². The molecule has 1 unspecified atom stereocenters. The monoisotopic (exact) mass is 374 g/mol. The third kappa shape index (κ3) is 5.42. The molecule has 7 heteroatoms. The Hall–Kier alpha value is -2.67. The Balaban J connectivity index is 1.90.